The fourth-order valence-electron chi connectivity index (χ4n) is 10.2. The first-order valence-corrected chi connectivity index (χ1v) is 31.9. The first-order valence-electron chi connectivity index (χ1n) is 31.9. The van der Waals surface area contributed by atoms with E-state index in [1.807, 2.05) is 0 Å². The van der Waals surface area contributed by atoms with Crippen molar-refractivity contribution >= 4 is 5.91 Å². The maximum absolute atomic E-state index is 13.2. The lowest BCUT2D eigenvalue weighted by Gasteiger charge is -2.40. The standard InChI is InChI=1S/C64H121NO10/c1-3-5-7-9-11-13-15-17-19-21-23-25-27-29-31-33-35-37-39-41-43-45-47-49-51-56(67)59(69)55(54-74-64-62(72)61(71)60(70)58(53-66)75-64)65-63(73)57(68)52-50-48-46-44-42-40-38-36-34-32-30-28-26-24-22-20-18-16-14-12-10-8-6-4-2/h24,26,30,32,43,45,55-62,64,66-72H,3-23,25,27-29,31,33-42,44,46-54H2,1-2H3,(H,65,73)/b26-24-,32-30-,45-43+. The van der Waals surface area contributed by atoms with Gasteiger partial charge in [0.15, 0.2) is 6.29 Å². The van der Waals surface area contributed by atoms with Crippen LogP contribution in [0.2, 0.25) is 0 Å². The average molecular weight is 1060 g/mol. The Morgan fingerprint density at radius 3 is 1.23 bits per heavy atom. The second-order valence-corrected chi connectivity index (χ2v) is 22.5. The molecule has 0 bridgehead atoms. The van der Waals surface area contributed by atoms with Crippen LogP contribution >= 0.6 is 0 Å². The van der Waals surface area contributed by atoms with Gasteiger partial charge in [-0.05, 0) is 70.6 Å². The summed E-state index contributed by atoms with van der Waals surface area (Å²) >= 11 is 0. The van der Waals surface area contributed by atoms with Crippen molar-refractivity contribution in [1.29, 1.82) is 0 Å². The number of ether oxygens (including phenoxy) is 2. The molecule has 9 unspecified atom stereocenters. The molecule has 0 radical (unpaired) electrons. The largest absolute Gasteiger partial charge is 0.394 e. The minimum atomic E-state index is -1.67. The summed E-state index contributed by atoms with van der Waals surface area (Å²) in [6, 6.07) is -1.19. The van der Waals surface area contributed by atoms with Crippen molar-refractivity contribution in [2.75, 3.05) is 13.2 Å². The van der Waals surface area contributed by atoms with E-state index in [-0.39, 0.29) is 12.8 Å². The number of allylic oxidation sites excluding steroid dienone is 6. The van der Waals surface area contributed by atoms with Crippen LogP contribution < -0.4 is 5.32 Å². The second-order valence-electron chi connectivity index (χ2n) is 22.5. The summed E-state index contributed by atoms with van der Waals surface area (Å²) in [4.78, 5) is 13.2. The molecular formula is C64H121NO10. The first-order chi connectivity index (χ1) is 36.7. The highest BCUT2D eigenvalue weighted by molar-refractivity contribution is 5.80. The molecule has 11 nitrogen and oxygen atoms in total. The maximum atomic E-state index is 13.2. The van der Waals surface area contributed by atoms with Gasteiger partial charge in [0.05, 0.1) is 25.4 Å². The molecule has 1 fully saturated rings. The number of hydrogen-bond donors (Lipinski definition) is 8. The molecule has 0 aromatic carbocycles. The molecule has 1 amide bonds. The predicted molar refractivity (Wildman–Crippen MR) is 312 cm³/mol. The summed E-state index contributed by atoms with van der Waals surface area (Å²) in [5.74, 6) is -0.708. The Balaban J connectivity index is 2.29. The van der Waals surface area contributed by atoms with Crippen molar-refractivity contribution in [3.05, 3.63) is 36.5 Å². The van der Waals surface area contributed by atoms with Gasteiger partial charge in [0.1, 0.15) is 36.6 Å². The molecule has 442 valence electrons. The summed E-state index contributed by atoms with van der Waals surface area (Å²) in [5, 5.41) is 76.3. The number of amides is 1. The number of rotatable bonds is 55. The number of carbonyl (C=O) groups is 1. The second kappa shape index (κ2) is 53.0. The fourth-order valence-corrected chi connectivity index (χ4v) is 10.2. The molecule has 1 rings (SSSR count). The monoisotopic (exact) mass is 1060 g/mol. The van der Waals surface area contributed by atoms with E-state index in [1.165, 1.54) is 205 Å². The van der Waals surface area contributed by atoms with Crippen molar-refractivity contribution in [2.24, 2.45) is 0 Å². The van der Waals surface area contributed by atoms with Gasteiger partial charge < -0.3 is 50.5 Å². The highest BCUT2D eigenvalue weighted by atomic mass is 16.7. The normalized spacial score (nSPS) is 19.9. The number of carbonyl (C=O) groups excluding carboxylic acids is 1. The summed E-state index contributed by atoms with van der Waals surface area (Å²) in [6.07, 6.45) is 54.9. The lowest BCUT2D eigenvalue weighted by Crippen LogP contribution is -2.60. The van der Waals surface area contributed by atoms with E-state index in [4.69, 9.17) is 9.47 Å². The van der Waals surface area contributed by atoms with Crippen LogP contribution in [0.3, 0.4) is 0 Å². The Morgan fingerprint density at radius 1 is 0.467 bits per heavy atom. The van der Waals surface area contributed by atoms with Crippen molar-refractivity contribution in [1.82, 2.24) is 5.32 Å². The van der Waals surface area contributed by atoms with E-state index in [9.17, 15) is 40.5 Å². The zero-order chi connectivity index (χ0) is 54.7. The highest BCUT2D eigenvalue weighted by Crippen LogP contribution is 2.23. The summed E-state index contributed by atoms with van der Waals surface area (Å²) in [7, 11) is 0. The van der Waals surface area contributed by atoms with Crippen LogP contribution in [-0.2, 0) is 14.3 Å². The number of aliphatic hydroxyl groups excluding tert-OH is 7. The first kappa shape index (κ1) is 71.3. The lowest BCUT2D eigenvalue weighted by molar-refractivity contribution is -0.303. The molecule has 1 saturated heterocycles. The van der Waals surface area contributed by atoms with Gasteiger partial charge in [0.2, 0.25) is 5.91 Å². The molecule has 75 heavy (non-hydrogen) atoms. The van der Waals surface area contributed by atoms with Crippen LogP contribution in [0.5, 0.6) is 0 Å². The van der Waals surface area contributed by atoms with Gasteiger partial charge in [-0.1, -0.05) is 262 Å². The molecule has 11 heteroatoms. The van der Waals surface area contributed by atoms with Crippen LogP contribution in [0.15, 0.2) is 36.5 Å². The maximum Gasteiger partial charge on any atom is 0.249 e. The Labute approximate surface area is 460 Å². The predicted octanol–water partition coefficient (Wildman–Crippen LogP) is 14.2. The minimum Gasteiger partial charge on any atom is -0.394 e. The molecule has 0 spiro atoms. The lowest BCUT2D eigenvalue weighted by atomic mass is 9.98. The van der Waals surface area contributed by atoms with Crippen LogP contribution in [-0.4, -0.2) is 110 Å². The van der Waals surface area contributed by atoms with Crippen molar-refractivity contribution in [3.63, 3.8) is 0 Å². The molecular weight excluding hydrogens is 943 g/mol. The van der Waals surface area contributed by atoms with E-state index >= 15 is 0 Å². The zero-order valence-corrected chi connectivity index (χ0v) is 48.5. The smallest absolute Gasteiger partial charge is 0.249 e. The van der Waals surface area contributed by atoms with Crippen molar-refractivity contribution < 1.29 is 50.0 Å². The molecule has 0 aliphatic carbocycles. The van der Waals surface area contributed by atoms with Crippen LogP contribution in [0, 0.1) is 0 Å². The summed E-state index contributed by atoms with van der Waals surface area (Å²) in [6.45, 7) is 3.48. The number of aliphatic hydroxyl groups is 7. The van der Waals surface area contributed by atoms with Gasteiger partial charge in [-0.3, -0.25) is 4.79 Å². The SMILES string of the molecule is CCCCCCCCCCC/C=C\C/C=C\CCCCCCCCCCC(O)C(=O)NC(COC1OC(CO)C(O)C(O)C1O)C(O)C(O)CCC/C=C/CCCCCCCCCCCCCCCCCCCCC. The molecule has 1 aliphatic rings. The molecule has 0 aromatic rings. The highest BCUT2D eigenvalue weighted by Gasteiger charge is 2.44. The third-order valence-corrected chi connectivity index (χ3v) is 15.4. The van der Waals surface area contributed by atoms with E-state index in [1.54, 1.807) is 0 Å². The Morgan fingerprint density at radius 2 is 0.827 bits per heavy atom. The number of nitrogens with one attached hydrogen (secondary N) is 1. The van der Waals surface area contributed by atoms with E-state index in [0.29, 0.717) is 12.8 Å². The minimum absolute atomic E-state index is 0.247. The van der Waals surface area contributed by atoms with E-state index in [2.05, 4.69) is 55.6 Å². The van der Waals surface area contributed by atoms with Crippen LogP contribution in [0.1, 0.15) is 296 Å². The molecule has 0 saturated carbocycles. The number of unbranched alkanes of at least 4 members (excludes halogenated alkanes) is 37. The summed E-state index contributed by atoms with van der Waals surface area (Å²) < 4.78 is 11.2. The number of hydrogen-bond acceptors (Lipinski definition) is 10. The average Bonchev–Trinajstić information content (AvgIpc) is 3.41. The fraction of sp³-hybridized carbons (Fsp3) is 0.891. The zero-order valence-electron chi connectivity index (χ0n) is 48.5. The molecule has 1 heterocycles. The Kier molecular flexibility index (Phi) is 50.4. The van der Waals surface area contributed by atoms with Crippen LogP contribution in [0.4, 0.5) is 0 Å². The van der Waals surface area contributed by atoms with Gasteiger partial charge in [-0.2, -0.15) is 0 Å². The summed E-state index contributed by atoms with van der Waals surface area (Å²) in [5.41, 5.74) is 0. The topological polar surface area (TPSA) is 189 Å². The van der Waals surface area contributed by atoms with Crippen molar-refractivity contribution in [3.8, 4) is 0 Å². The molecule has 8 N–H and O–H groups in total. The van der Waals surface area contributed by atoms with E-state index < -0.39 is 74.2 Å². The van der Waals surface area contributed by atoms with Crippen molar-refractivity contribution in [2.45, 2.75) is 351 Å². The van der Waals surface area contributed by atoms with Crippen LogP contribution in [0.25, 0.3) is 0 Å². The van der Waals surface area contributed by atoms with Gasteiger partial charge in [-0.25, -0.2) is 0 Å². The van der Waals surface area contributed by atoms with E-state index in [0.717, 1.165) is 51.4 Å². The van der Waals surface area contributed by atoms with Gasteiger partial charge in [0, 0.05) is 0 Å². The molecule has 9 atom stereocenters. The Bertz CT molecular complexity index is 1310. The van der Waals surface area contributed by atoms with Gasteiger partial charge >= 0.3 is 0 Å². The van der Waals surface area contributed by atoms with Gasteiger partial charge in [0.25, 0.3) is 0 Å². The third kappa shape index (κ3) is 41.1. The third-order valence-electron chi connectivity index (χ3n) is 15.4. The Hall–Kier alpha value is -1.67. The quantitative estimate of drug-likeness (QED) is 0.0215. The van der Waals surface area contributed by atoms with Gasteiger partial charge in [-0.15, -0.1) is 0 Å². The molecule has 0 aromatic heterocycles. The molecule has 1 aliphatic heterocycles.